The summed E-state index contributed by atoms with van der Waals surface area (Å²) in [7, 11) is -6.70. The van der Waals surface area contributed by atoms with Crippen LogP contribution in [-0.2, 0) is 31.1 Å². The second-order valence-corrected chi connectivity index (χ2v) is 14.1. The first-order chi connectivity index (χ1) is 17.9. The lowest BCUT2D eigenvalue weighted by molar-refractivity contribution is -0.132. The number of fused-ring (bicyclic) bond motifs is 5. The number of anilines is 1. The minimum Gasteiger partial charge on any atom is -0.511 e. The van der Waals surface area contributed by atoms with Crippen LogP contribution in [0.25, 0.3) is 0 Å². The van der Waals surface area contributed by atoms with E-state index in [1.807, 2.05) is 0 Å². The minimum absolute atomic E-state index is 0.0564. The van der Waals surface area contributed by atoms with Gasteiger partial charge in [0.1, 0.15) is 17.1 Å². The fourth-order valence-corrected chi connectivity index (χ4v) is 7.83. The molecule has 0 aromatic heterocycles. The monoisotopic (exact) mass is 556 g/mol. The number of sulfonamides is 1. The Hall–Kier alpha value is -3.51. The number of nitrogens with zero attached hydrogens (tertiary/aromatic N) is 3. The molecular formula is C26H25FN4O5S2. The van der Waals surface area contributed by atoms with Crippen molar-refractivity contribution in [2.24, 2.45) is 21.2 Å². The molecule has 2 N–H and O–H groups in total. The molecule has 2 bridgehead atoms. The second-order valence-electron chi connectivity index (χ2n) is 10.1. The highest BCUT2D eigenvalue weighted by Crippen LogP contribution is 2.51. The summed E-state index contributed by atoms with van der Waals surface area (Å²) < 4.78 is 57.2. The number of allylic oxidation sites excluding steroid dienone is 1. The number of carbonyl (C=O) groups excluding carboxylic acids is 1. The van der Waals surface area contributed by atoms with E-state index in [1.54, 1.807) is 17.0 Å². The van der Waals surface area contributed by atoms with Crippen LogP contribution in [0.1, 0.15) is 18.4 Å². The molecule has 0 saturated heterocycles. The first-order valence-electron chi connectivity index (χ1n) is 12.0. The van der Waals surface area contributed by atoms with Crippen LogP contribution in [0, 0.1) is 17.7 Å². The summed E-state index contributed by atoms with van der Waals surface area (Å²) >= 11 is 0. The van der Waals surface area contributed by atoms with Gasteiger partial charge in [0.25, 0.3) is 5.91 Å². The summed E-state index contributed by atoms with van der Waals surface area (Å²) in [6, 6.07) is 10.0. The Kier molecular flexibility index (Phi) is 5.55. The zero-order valence-electron chi connectivity index (χ0n) is 20.6. The molecule has 4 atom stereocenters. The number of halogens is 1. The third kappa shape index (κ3) is 4.11. The van der Waals surface area contributed by atoms with Crippen molar-refractivity contribution < 1.29 is 26.9 Å². The van der Waals surface area contributed by atoms with Crippen LogP contribution in [-0.4, -0.2) is 52.9 Å². The van der Waals surface area contributed by atoms with Crippen LogP contribution in [0.3, 0.4) is 0 Å². The molecule has 198 valence electrons. The first-order valence-corrected chi connectivity index (χ1v) is 15.8. The number of nitrogens with one attached hydrogen (secondary N) is 1. The van der Waals surface area contributed by atoms with E-state index in [4.69, 9.17) is 0 Å². The lowest BCUT2D eigenvalue weighted by Gasteiger charge is -2.43. The van der Waals surface area contributed by atoms with Gasteiger partial charge in [-0.15, -0.1) is 0 Å². The standard InChI is InChI=1S/C26H25FN4O5S2/c1-37(34)20-12-18(29-38(2,35)36)9-10-19(20)28-25(30-37)22-24(32)21-15-5-6-16(11-15)23(21)31(26(22)33)13-14-3-7-17(27)8-4-14/h3-4,7-12,15,21,23,29,32H,5-6,13H2,1-2H3/t15-,21+,23-,37?/m0/s1. The summed E-state index contributed by atoms with van der Waals surface area (Å²) in [4.78, 5) is 20.3. The fourth-order valence-electron chi connectivity index (χ4n) is 5.87. The van der Waals surface area contributed by atoms with Gasteiger partial charge in [-0.1, -0.05) is 23.8 Å². The van der Waals surface area contributed by atoms with Crippen molar-refractivity contribution in [2.75, 3.05) is 17.2 Å². The van der Waals surface area contributed by atoms with Crippen molar-refractivity contribution in [2.45, 2.75) is 30.3 Å². The van der Waals surface area contributed by atoms with Gasteiger partial charge < -0.3 is 10.0 Å². The van der Waals surface area contributed by atoms with E-state index in [0.717, 1.165) is 30.2 Å². The Morgan fingerprint density at radius 2 is 1.95 bits per heavy atom. The largest absolute Gasteiger partial charge is 0.511 e. The number of aliphatic imine (C=N–C) groups is 1. The van der Waals surface area contributed by atoms with Gasteiger partial charge in [0.2, 0.25) is 10.0 Å². The Morgan fingerprint density at radius 1 is 1.21 bits per heavy atom. The van der Waals surface area contributed by atoms with Gasteiger partial charge >= 0.3 is 0 Å². The van der Waals surface area contributed by atoms with Gasteiger partial charge in [-0.2, -0.15) is 4.36 Å². The summed E-state index contributed by atoms with van der Waals surface area (Å²) in [6.07, 6.45) is 6.22. The zero-order valence-corrected chi connectivity index (χ0v) is 22.2. The van der Waals surface area contributed by atoms with Gasteiger partial charge in [-0.3, -0.25) is 9.52 Å². The Morgan fingerprint density at radius 3 is 2.66 bits per heavy atom. The number of hydrogen-bond donors (Lipinski definition) is 2. The third-order valence-corrected chi connectivity index (χ3v) is 9.68. The smallest absolute Gasteiger partial charge is 0.261 e. The number of benzene rings is 2. The average Bonchev–Trinajstić information content (AvgIpc) is 3.45. The molecule has 0 saturated carbocycles. The number of carbonyl (C=O) groups is 1. The maximum Gasteiger partial charge on any atom is 0.261 e. The van der Waals surface area contributed by atoms with Crippen molar-refractivity contribution in [1.29, 1.82) is 0 Å². The predicted octanol–water partition coefficient (Wildman–Crippen LogP) is 3.89. The van der Waals surface area contributed by atoms with Crippen LogP contribution >= 0.6 is 0 Å². The zero-order chi connectivity index (χ0) is 27.0. The van der Waals surface area contributed by atoms with Crippen molar-refractivity contribution in [3.05, 3.63) is 76.8 Å². The highest BCUT2D eigenvalue weighted by Gasteiger charge is 2.53. The van der Waals surface area contributed by atoms with E-state index >= 15 is 0 Å². The fraction of sp³-hybridized carbons (Fsp3) is 0.308. The van der Waals surface area contributed by atoms with E-state index < -0.39 is 25.7 Å². The molecule has 1 unspecified atom stereocenters. The van der Waals surface area contributed by atoms with Crippen LogP contribution in [0.15, 0.2) is 79.7 Å². The first kappa shape index (κ1) is 24.8. The van der Waals surface area contributed by atoms with Crippen molar-refractivity contribution >= 4 is 42.9 Å². The molecule has 38 heavy (non-hydrogen) atoms. The summed E-state index contributed by atoms with van der Waals surface area (Å²) in [5.74, 6) is -1.40. The lowest BCUT2D eigenvalue weighted by Crippen LogP contribution is -2.52. The lowest BCUT2D eigenvalue weighted by atomic mass is 9.77. The Balaban J connectivity index is 1.44. The molecule has 9 nitrogen and oxygen atoms in total. The highest BCUT2D eigenvalue weighted by molar-refractivity contribution is 7.93. The molecule has 2 aliphatic carbocycles. The quantitative estimate of drug-likeness (QED) is 0.540. The molecule has 12 heteroatoms. The third-order valence-electron chi connectivity index (χ3n) is 7.41. The van der Waals surface area contributed by atoms with E-state index in [0.29, 0.717) is 0 Å². The van der Waals surface area contributed by atoms with Gasteiger partial charge in [-0.05, 0) is 54.7 Å². The predicted molar refractivity (Wildman–Crippen MR) is 141 cm³/mol. The molecule has 6 rings (SSSR count). The summed E-state index contributed by atoms with van der Waals surface area (Å²) in [5.41, 5.74) is 2.23. The van der Waals surface area contributed by atoms with Crippen molar-refractivity contribution in [1.82, 2.24) is 4.90 Å². The molecule has 2 aromatic rings. The van der Waals surface area contributed by atoms with Gasteiger partial charge in [0.05, 0.1) is 32.6 Å². The average molecular weight is 557 g/mol. The summed E-state index contributed by atoms with van der Waals surface area (Å²) in [5, 5.41) is 11.4. The minimum atomic E-state index is -3.56. The van der Waals surface area contributed by atoms with Crippen LogP contribution in [0.2, 0.25) is 0 Å². The van der Waals surface area contributed by atoms with Gasteiger partial charge in [-0.25, -0.2) is 22.0 Å². The second kappa shape index (κ2) is 8.50. The van der Waals surface area contributed by atoms with E-state index in [2.05, 4.69) is 20.2 Å². The van der Waals surface area contributed by atoms with Gasteiger partial charge in [0, 0.05) is 24.4 Å². The van der Waals surface area contributed by atoms with Crippen LogP contribution in [0.5, 0.6) is 0 Å². The normalized spacial score (nSPS) is 27.9. The van der Waals surface area contributed by atoms with Gasteiger partial charge in [0.15, 0.2) is 5.84 Å². The Bertz CT molecular complexity index is 1720. The maximum atomic E-state index is 14.0. The number of amidine groups is 1. The van der Waals surface area contributed by atoms with Crippen LogP contribution in [0.4, 0.5) is 15.8 Å². The molecule has 2 aromatic carbocycles. The Labute approximate surface area is 220 Å². The molecule has 0 radical (unpaired) electrons. The molecule has 0 fully saturated rings. The molecular weight excluding hydrogens is 531 g/mol. The number of hydrogen-bond acceptors (Lipinski definition) is 7. The molecule has 2 heterocycles. The van der Waals surface area contributed by atoms with Crippen molar-refractivity contribution in [3.8, 4) is 0 Å². The highest BCUT2D eigenvalue weighted by atomic mass is 32.2. The SMILES string of the molecule is CS(=O)(=O)Nc1ccc2c(c1)S(C)(=O)=NC(C1=C(O)[C@@H]3[C@@H]4C=C(CC4)[C@@H]3N(Cc3ccc(F)cc3)C1=O)=N2. The van der Waals surface area contributed by atoms with E-state index in [9.17, 15) is 26.9 Å². The molecule has 2 aliphatic heterocycles. The van der Waals surface area contributed by atoms with E-state index in [-0.39, 0.29) is 63.7 Å². The topological polar surface area (TPSA) is 128 Å². The van der Waals surface area contributed by atoms with Crippen LogP contribution < -0.4 is 4.72 Å². The number of amides is 1. The number of aliphatic hydroxyl groups is 1. The summed E-state index contributed by atoms with van der Waals surface area (Å²) in [6.45, 7) is 0.201. The number of aliphatic hydroxyl groups excluding tert-OH is 1. The molecule has 1 amide bonds. The molecule has 4 aliphatic rings. The van der Waals surface area contributed by atoms with E-state index in [1.165, 1.54) is 36.6 Å². The molecule has 0 spiro atoms. The van der Waals surface area contributed by atoms with Crippen molar-refractivity contribution in [3.63, 3.8) is 0 Å². The maximum absolute atomic E-state index is 14.0. The number of rotatable bonds is 5.